The lowest BCUT2D eigenvalue weighted by Gasteiger charge is -2.32. The third kappa shape index (κ3) is 17.0. The van der Waals surface area contributed by atoms with Crippen molar-refractivity contribution in [3.05, 3.63) is 0 Å². The average molecular weight is 671 g/mol. The largest absolute Gasteiger partial charge is 0.389 e. The Morgan fingerprint density at radius 2 is 0.702 bits per heavy atom. The van der Waals surface area contributed by atoms with Crippen molar-refractivity contribution in [1.29, 1.82) is 0 Å². The molecule has 0 heterocycles. The van der Waals surface area contributed by atoms with Crippen LogP contribution >= 0.6 is 0 Å². The van der Waals surface area contributed by atoms with Gasteiger partial charge < -0.3 is 25.2 Å². The molecule has 0 aliphatic rings. The van der Waals surface area contributed by atoms with Gasteiger partial charge in [-0.2, -0.15) is 0 Å². The van der Waals surface area contributed by atoms with Crippen molar-refractivity contribution < 1.29 is 44.3 Å². The molecule has 9 nitrogen and oxygen atoms in total. The first-order valence-electron chi connectivity index (χ1n) is 19.1. The van der Waals surface area contributed by atoms with Gasteiger partial charge >= 0.3 is 11.9 Å². The van der Waals surface area contributed by atoms with Gasteiger partial charge in [-0.25, -0.2) is 9.59 Å². The van der Waals surface area contributed by atoms with Gasteiger partial charge in [0.1, 0.15) is 12.2 Å². The summed E-state index contributed by atoms with van der Waals surface area (Å²) in [6, 6.07) is 0. The van der Waals surface area contributed by atoms with E-state index < -0.39 is 46.9 Å². The summed E-state index contributed by atoms with van der Waals surface area (Å²) in [7, 11) is 0. The topological polar surface area (TPSA) is 158 Å². The third-order valence-corrected chi connectivity index (χ3v) is 9.30. The van der Waals surface area contributed by atoms with Crippen molar-refractivity contribution >= 4 is 23.5 Å². The zero-order chi connectivity index (χ0) is 35.6. The van der Waals surface area contributed by atoms with E-state index in [0.29, 0.717) is 38.5 Å². The normalized spacial score (nSPS) is 15.4. The van der Waals surface area contributed by atoms with Gasteiger partial charge in [0.15, 0.2) is 11.6 Å². The van der Waals surface area contributed by atoms with Crippen molar-refractivity contribution in [2.45, 2.75) is 218 Å². The number of carbonyl (C=O) groups is 4. The van der Waals surface area contributed by atoms with E-state index in [4.69, 9.17) is 4.74 Å². The summed E-state index contributed by atoms with van der Waals surface area (Å²) in [6.07, 6.45) is 14.0. The Morgan fingerprint density at radius 1 is 0.447 bits per heavy atom. The summed E-state index contributed by atoms with van der Waals surface area (Å²) in [5, 5.41) is 45.0. The van der Waals surface area contributed by atoms with E-state index in [9.17, 15) is 39.6 Å². The summed E-state index contributed by atoms with van der Waals surface area (Å²) in [5.74, 6) is -5.38. The number of rotatable bonds is 32. The van der Waals surface area contributed by atoms with Crippen molar-refractivity contribution in [2.75, 3.05) is 0 Å². The monoisotopic (exact) mass is 671 g/mol. The molecule has 4 unspecified atom stereocenters. The number of carbonyl (C=O) groups excluding carboxylic acids is 4. The van der Waals surface area contributed by atoms with Crippen molar-refractivity contribution in [3.63, 3.8) is 0 Å². The molecule has 0 saturated heterocycles. The van der Waals surface area contributed by atoms with Crippen LogP contribution in [0.5, 0.6) is 0 Å². The fraction of sp³-hybridized carbons (Fsp3) is 0.895. The Hall–Kier alpha value is -1.68. The summed E-state index contributed by atoms with van der Waals surface area (Å²) in [5.41, 5.74) is -6.09. The molecule has 0 aromatic rings. The van der Waals surface area contributed by atoms with Crippen LogP contribution in [0.2, 0.25) is 0 Å². The van der Waals surface area contributed by atoms with Crippen LogP contribution < -0.4 is 0 Å². The highest BCUT2D eigenvalue weighted by Gasteiger charge is 2.56. The molecule has 0 aromatic carbocycles. The predicted molar refractivity (Wildman–Crippen MR) is 186 cm³/mol. The maximum Gasteiger partial charge on any atom is 0.356 e. The second-order valence-corrected chi connectivity index (χ2v) is 13.5. The van der Waals surface area contributed by atoms with Gasteiger partial charge in [0.25, 0.3) is 0 Å². The third-order valence-electron chi connectivity index (χ3n) is 9.30. The standard InChI is InChI=1S/C38H70O9/c1-5-9-13-17-21-25-29-33(41)37(45,31(39)27-23-19-15-11-7-3)35(43)47-36(44)38(46,32(40)28-24-20-16-12-8-4)34(42)30-26-22-18-14-10-6-2/h33-34,41-42,45-46H,5-30H2,1-4H3. The van der Waals surface area contributed by atoms with E-state index in [1.54, 1.807) is 0 Å². The first-order chi connectivity index (χ1) is 22.5. The lowest BCUT2D eigenvalue weighted by atomic mass is 9.84. The summed E-state index contributed by atoms with van der Waals surface area (Å²) in [6.45, 7) is 8.30. The van der Waals surface area contributed by atoms with Crippen LogP contribution in [-0.4, -0.2) is 67.3 Å². The van der Waals surface area contributed by atoms with Gasteiger partial charge in [-0.05, 0) is 25.7 Å². The van der Waals surface area contributed by atoms with Gasteiger partial charge in [-0.3, -0.25) is 9.59 Å². The van der Waals surface area contributed by atoms with E-state index in [0.717, 1.165) is 103 Å². The summed E-state index contributed by atoms with van der Waals surface area (Å²) in [4.78, 5) is 53.6. The van der Waals surface area contributed by atoms with Gasteiger partial charge in [-0.15, -0.1) is 0 Å². The molecule has 47 heavy (non-hydrogen) atoms. The molecule has 4 atom stereocenters. The number of hydrogen-bond donors (Lipinski definition) is 4. The van der Waals surface area contributed by atoms with Gasteiger partial charge in [0, 0.05) is 12.8 Å². The van der Waals surface area contributed by atoms with E-state index >= 15 is 0 Å². The summed E-state index contributed by atoms with van der Waals surface area (Å²) < 4.78 is 4.93. The Balaban J connectivity index is 5.95. The van der Waals surface area contributed by atoms with Crippen LogP contribution in [0.1, 0.15) is 195 Å². The van der Waals surface area contributed by atoms with Gasteiger partial charge in [0.05, 0.1) is 0 Å². The zero-order valence-electron chi connectivity index (χ0n) is 30.4. The molecule has 0 aliphatic heterocycles. The maximum absolute atomic E-state index is 13.5. The van der Waals surface area contributed by atoms with E-state index in [1.165, 1.54) is 0 Å². The molecule has 0 spiro atoms. The molecular weight excluding hydrogens is 600 g/mol. The number of Topliss-reactive ketones (excluding diaryl/α,β-unsaturated/α-hetero) is 2. The lowest BCUT2D eigenvalue weighted by Crippen LogP contribution is -2.61. The predicted octanol–water partition coefficient (Wildman–Crippen LogP) is 7.60. The Morgan fingerprint density at radius 3 is 1.00 bits per heavy atom. The molecular formula is C38H70O9. The maximum atomic E-state index is 13.5. The van der Waals surface area contributed by atoms with Crippen LogP contribution in [0.25, 0.3) is 0 Å². The van der Waals surface area contributed by atoms with E-state index in [1.807, 2.05) is 0 Å². The molecule has 0 radical (unpaired) electrons. The number of ketones is 2. The Bertz CT molecular complexity index is 792. The lowest BCUT2D eigenvalue weighted by molar-refractivity contribution is -0.199. The molecule has 0 bridgehead atoms. The van der Waals surface area contributed by atoms with E-state index in [2.05, 4.69) is 27.7 Å². The van der Waals surface area contributed by atoms with Gasteiger partial charge in [0.2, 0.25) is 11.2 Å². The van der Waals surface area contributed by atoms with Crippen LogP contribution in [0.3, 0.4) is 0 Å². The molecule has 4 N–H and O–H groups in total. The van der Waals surface area contributed by atoms with E-state index in [-0.39, 0.29) is 25.7 Å². The molecule has 0 aliphatic carbocycles. The molecule has 276 valence electrons. The Kier molecular flexibility index (Phi) is 26.2. The smallest absolute Gasteiger partial charge is 0.356 e. The first kappa shape index (κ1) is 45.3. The minimum atomic E-state index is -3.04. The number of unbranched alkanes of at least 4 members (excludes halogenated alkanes) is 18. The second-order valence-electron chi connectivity index (χ2n) is 13.5. The highest BCUT2D eigenvalue weighted by Crippen LogP contribution is 2.28. The number of aliphatic hydroxyl groups is 4. The molecule has 0 saturated carbocycles. The zero-order valence-corrected chi connectivity index (χ0v) is 30.4. The summed E-state index contributed by atoms with van der Waals surface area (Å²) >= 11 is 0. The Labute approximate surface area is 285 Å². The fourth-order valence-electron chi connectivity index (χ4n) is 5.92. The number of hydrogen-bond acceptors (Lipinski definition) is 9. The molecule has 9 heteroatoms. The highest BCUT2D eigenvalue weighted by atomic mass is 16.6. The average Bonchev–Trinajstić information content (AvgIpc) is 3.06. The van der Waals surface area contributed by atoms with Crippen LogP contribution in [0, 0.1) is 0 Å². The SMILES string of the molecule is CCCCCCCCC(O)C(O)(C(=O)CCCCCCC)C(=O)OC(=O)C(O)(C(=O)CCCCCCC)C(O)CCCCCCCC. The fourth-order valence-corrected chi connectivity index (χ4v) is 5.92. The van der Waals surface area contributed by atoms with Crippen LogP contribution in [0.15, 0.2) is 0 Å². The van der Waals surface area contributed by atoms with Crippen LogP contribution in [0.4, 0.5) is 0 Å². The first-order valence-corrected chi connectivity index (χ1v) is 19.1. The van der Waals surface area contributed by atoms with Crippen molar-refractivity contribution in [2.24, 2.45) is 0 Å². The number of esters is 2. The van der Waals surface area contributed by atoms with Crippen molar-refractivity contribution in [3.8, 4) is 0 Å². The number of aliphatic hydroxyl groups excluding tert-OH is 2. The highest BCUT2D eigenvalue weighted by molar-refractivity contribution is 6.14. The minimum absolute atomic E-state index is 0.0743. The molecule has 0 rings (SSSR count). The van der Waals surface area contributed by atoms with Gasteiger partial charge in [-0.1, -0.05) is 156 Å². The molecule has 0 fully saturated rings. The molecule has 0 amide bonds. The molecule has 0 aromatic heterocycles. The second kappa shape index (κ2) is 27.2. The van der Waals surface area contributed by atoms with Crippen molar-refractivity contribution in [1.82, 2.24) is 0 Å². The quantitative estimate of drug-likeness (QED) is 0.0321. The number of ether oxygens (including phenoxy) is 1. The van der Waals surface area contributed by atoms with Crippen LogP contribution in [-0.2, 0) is 23.9 Å². The minimum Gasteiger partial charge on any atom is -0.389 e.